The van der Waals surface area contributed by atoms with Crippen LogP contribution >= 0.6 is 0 Å². The number of aliphatic carboxylic acids is 1. The third kappa shape index (κ3) is 4.72. The van der Waals surface area contributed by atoms with Crippen LogP contribution in [0.4, 0.5) is 19.1 Å². The van der Waals surface area contributed by atoms with E-state index in [9.17, 15) is 18.0 Å². The summed E-state index contributed by atoms with van der Waals surface area (Å²) < 4.78 is 37.4. The minimum atomic E-state index is -4.56. The summed E-state index contributed by atoms with van der Waals surface area (Å²) in [5.41, 5.74) is -1.07. The van der Waals surface area contributed by atoms with Crippen molar-refractivity contribution in [1.82, 2.24) is 9.97 Å². The number of alkyl halides is 3. The van der Waals surface area contributed by atoms with Crippen molar-refractivity contribution in [3.63, 3.8) is 0 Å². The first-order valence-electron chi connectivity index (χ1n) is 5.58. The Hall–Kier alpha value is -1.86. The number of nitrogens with one attached hydrogen (secondary N) is 1. The van der Waals surface area contributed by atoms with Crippen molar-refractivity contribution in [3.05, 3.63) is 18.0 Å². The Kier molecular flexibility index (Phi) is 4.68. The van der Waals surface area contributed by atoms with Crippen LogP contribution in [0.2, 0.25) is 0 Å². The van der Waals surface area contributed by atoms with E-state index in [2.05, 4.69) is 15.3 Å². The highest BCUT2D eigenvalue weighted by molar-refractivity contribution is 5.68. The van der Waals surface area contributed by atoms with Crippen LogP contribution in [0.15, 0.2) is 12.3 Å². The third-order valence-corrected chi connectivity index (χ3v) is 2.46. The van der Waals surface area contributed by atoms with Crippen molar-refractivity contribution in [2.75, 3.05) is 5.32 Å². The van der Waals surface area contributed by atoms with Gasteiger partial charge in [0, 0.05) is 12.2 Å². The molecule has 1 aromatic heterocycles. The second kappa shape index (κ2) is 5.85. The number of hydrogen-bond donors (Lipinski definition) is 2. The standard InChI is InChI=1S/C11H14F3N3O2/c1-6(2)7(5-9(18)19)16-10-15-4-3-8(17-10)11(12,13)14/h3-4,6-7H,5H2,1-2H3,(H,18,19)(H,15,16,17). The average molecular weight is 277 g/mol. The Morgan fingerprint density at radius 1 is 1.47 bits per heavy atom. The topological polar surface area (TPSA) is 75.1 Å². The SMILES string of the molecule is CC(C)C(CC(=O)O)Nc1nccc(C(F)(F)F)n1. The molecule has 106 valence electrons. The fourth-order valence-electron chi connectivity index (χ4n) is 1.39. The molecule has 0 amide bonds. The summed E-state index contributed by atoms with van der Waals surface area (Å²) in [6.45, 7) is 3.52. The van der Waals surface area contributed by atoms with E-state index in [0.717, 1.165) is 12.3 Å². The predicted molar refractivity (Wildman–Crippen MR) is 61.5 cm³/mol. The number of carbonyl (C=O) groups is 1. The van der Waals surface area contributed by atoms with E-state index >= 15 is 0 Å². The third-order valence-electron chi connectivity index (χ3n) is 2.46. The Balaban J connectivity index is 2.88. The lowest BCUT2D eigenvalue weighted by atomic mass is 10.0. The number of carboxylic acids is 1. The van der Waals surface area contributed by atoms with Crippen LogP contribution in [0, 0.1) is 5.92 Å². The van der Waals surface area contributed by atoms with Gasteiger partial charge in [0.1, 0.15) is 5.69 Å². The van der Waals surface area contributed by atoms with Gasteiger partial charge in [-0.3, -0.25) is 4.79 Å². The van der Waals surface area contributed by atoms with Gasteiger partial charge in [0.05, 0.1) is 6.42 Å². The molecule has 19 heavy (non-hydrogen) atoms. The second-order valence-corrected chi connectivity index (χ2v) is 4.36. The van der Waals surface area contributed by atoms with Crippen molar-refractivity contribution in [1.29, 1.82) is 0 Å². The first-order valence-corrected chi connectivity index (χ1v) is 5.58. The van der Waals surface area contributed by atoms with Gasteiger partial charge in [-0.15, -0.1) is 0 Å². The van der Waals surface area contributed by atoms with Crippen LogP contribution in [0.5, 0.6) is 0 Å². The first kappa shape index (κ1) is 15.2. The Morgan fingerprint density at radius 2 is 2.11 bits per heavy atom. The number of anilines is 1. The molecule has 1 heterocycles. The van der Waals surface area contributed by atoms with Crippen molar-refractivity contribution < 1.29 is 23.1 Å². The summed E-state index contributed by atoms with van der Waals surface area (Å²) >= 11 is 0. The summed E-state index contributed by atoms with van der Waals surface area (Å²) in [6, 6.07) is 0.216. The van der Waals surface area contributed by atoms with Gasteiger partial charge >= 0.3 is 12.1 Å². The number of aromatic nitrogens is 2. The van der Waals surface area contributed by atoms with E-state index in [1.54, 1.807) is 13.8 Å². The van der Waals surface area contributed by atoms with Crippen LogP contribution in [-0.4, -0.2) is 27.1 Å². The maximum absolute atomic E-state index is 12.5. The van der Waals surface area contributed by atoms with Gasteiger partial charge in [-0.2, -0.15) is 13.2 Å². The van der Waals surface area contributed by atoms with Gasteiger partial charge in [0.25, 0.3) is 0 Å². The van der Waals surface area contributed by atoms with Crippen LogP contribution in [0.25, 0.3) is 0 Å². The Morgan fingerprint density at radius 3 is 2.58 bits per heavy atom. The molecule has 1 unspecified atom stereocenters. The molecule has 8 heteroatoms. The van der Waals surface area contributed by atoms with E-state index in [1.807, 2.05) is 0 Å². The molecule has 0 saturated heterocycles. The monoisotopic (exact) mass is 277 g/mol. The lowest BCUT2D eigenvalue weighted by Crippen LogP contribution is -2.29. The average Bonchev–Trinajstić information content (AvgIpc) is 2.26. The van der Waals surface area contributed by atoms with Gasteiger partial charge in [0.15, 0.2) is 0 Å². The Bertz CT molecular complexity index is 449. The lowest BCUT2D eigenvalue weighted by molar-refractivity contribution is -0.141. The molecular weight excluding hydrogens is 263 g/mol. The summed E-state index contributed by atoms with van der Waals surface area (Å²) in [4.78, 5) is 17.7. The smallest absolute Gasteiger partial charge is 0.433 e. The molecule has 1 rings (SSSR count). The van der Waals surface area contributed by atoms with E-state index in [0.29, 0.717) is 0 Å². The van der Waals surface area contributed by atoms with Crippen LogP contribution in [0.1, 0.15) is 26.0 Å². The van der Waals surface area contributed by atoms with Crippen LogP contribution < -0.4 is 5.32 Å². The van der Waals surface area contributed by atoms with Crippen molar-refractivity contribution in [2.24, 2.45) is 5.92 Å². The molecule has 0 aliphatic heterocycles. The molecule has 0 aliphatic rings. The number of hydrogen-bond acceptors (Lipinski definition) is 4. The maximum Gasteiger partial charge on any atom is 0.433 e. The number of halogens is 3. The van der Waals surface area contributed by atoms with E-state index in [-0.39, 0.29) is 18.3 Å². The summed E-state index contributed by atoms with van der Waals surface area (Å²) in [6.07, 6.45) is -3.80. The van der Waals surface area contributed by atoms with Gasteiger partial charge in [-0.1, -0.05) is 13.8 Å². The normalized spacial score (nSPS) is 13.4. The molecule has 0 bridgehead atoms. The van der Waals surface area contributed by atoms with Crippen molar-refractivity contribution in [3.8, 4) is 0 Å². The van der Waals surface area contributed by atoms with Gasteiger partial charge < -0.3 is 10.4 Å². The highest BCUT2D eigenvalue weighted by atomic mass is 19.4. The highest BCUT2D eigenvalue weighted by Crippen LogP contribution is 2.27. The molecule has 0 aliphatic carbocycles. The fraction of sp³-hybridized carbons (Fsp3) is 0.545. The quantitative estimate of drug-likeness (QED) is 0.864. The summed E-state index contributed by atoms with van der Waals surface area (Å²) in [5.74, 6) is -1.36. The maximum atomic E-state index is 12.5. The second-order valence-electron chi connectivity index (χ2n) is 4.36. The van der Waals surface area contributed by atoms with Crippen LogP contribution in [-0.2, 0) is 11.0 Å². The zero-order valence-electron chi connectivity index (χ0n) is 10.4. The molecule has 0 radical (unpaired) electrons. The zero-order chi connectivity index (χ0) is 14.6. The van der Waals surface area contributed by atoms with Crippen LogP contribution in [0.3, 0.4) is 0 Å². The van der Waals surface area contributed by atoms with Gasteiger partial charge in [-0.25, -0.2) is 9.97 Å². The minimum absolute atomic E-state index is 0.0887. The summed E-state index contributed by atoms with van der Waals surface area (Å²) in [7, 11) is 0. The molecule has 2 N–H and O–H groups in total. The van der Waals surface area contributed by atoms with E-state index < -0.39 is 23.9 Å². The molecule has 0 aromatic carbocycles. The molecule has 0 saturated carbocycles. The lowest BCUT2D eigenvalue weighted by Gasteiger charge is -2.20. The van der Waals surface area contributed by atoms with Crippen molar-refractivity contribution in [2.45, 2.75) is 32.5 Å². The number of rotatable bonds is 5. The van der Waals surface area contributed by atoms with Gasteiger partial charge in [-0.05, 0) is 12.0 Å². The number of carboxylic acid groups (broad SMARTS) is 1. The largest absolute Gasteiger partial charge is 0.481 e. The molecule has 5 nitrogen and oxygen atoms in total. The first-order chi connectivity index (χ1) is 8.70. The molecule has 0 spiro atoms. The Labute approximate surface area is 107 Å². The highest BCUT2D eigenvalue weighted by Gasteiger charge is 2.33. The molecule has 1 aromatic rings. The molecule has 1 atom stereocenters. The predicted octanol–water partition coefficient (Wildman–Crippen LogP) is 2.41. The van der Waals surface area contributed by atoms with Crippen molar-refractivity contribution >= 4 is 11.9 Å². The number of nitrogens with zero attached hydrogens (tertiary/aromatic N) is 2. The minimum Gasteiger partial charge on any atom is -0.481 e. The van der Waals surface area contributed by atoms with Gasteiger partial charge in [0.2, 0.25) is 5.95 Å². The zero-order valence-corrected chi connectivity index (χ0v) is 10.4. The van der Waals surface area contributed by atoms with E-state index in [1.165, 1.54) is 0 Å². The van der Waals surface area contributed by atoms with E-state index in [4.69, 9.17) is 5.11 Å². The molecular formula is C11H14F3N3O2. The summed E-state index contributed by atoms with van der Waals surface area (Å²) in [5, 5.41) is 11.4. The molecule has 0 fully saturated rings. The fourth-order valence-corrected chi connectivity index (χ4v) is 1.39.